The van der Waals surface area contributed by atoms with Crippen LogP contribution >= 0.6 is 0 Å². The minimum Gasteiger partial charge on any atom is -0.350 e. The molecule has 0 saturated carbocycles. The lowest BCUT2D eigenvalue weighted by Gasteiger charge is -2.28. The lowest BCUT2D eigenvalue weighted by atomic mass is 10.1. The quantitative estimate of drug-likeness (QED) is 0.644. The highest BCUT2D eigenvalue weighted by atomic mass is 32.2. The molecule has 0 aliphatic carbocycles. The van der Waals surface area contributed by atoms with Crippen molar-refractivity contribution >= 4 is 25.6 Å². The van der Waals surface area contributed by atoms with Gasteiger partial charge in [-0.25, -0.2) is 16.8 Å². The highest BCUT2D eigenvalue weighted by Crippen LogP contribution is 2.22. The smallest absolute Gasteiger partial charge is 0.235 e. The molecule has 0 aromatic heterocycles. The molecule has 1 N–H and O–H groups in total. The molecule has 2 heterocycles. The summed E-state index contributed by atoms with van der Waals surface area (Å²) >= 11 is 0. The predicted molar refractivity (Wildman–Crippen MR) is 109 cm³/mol. The summed E-state index contributed by atoms with van der Waals surface area (Å²) in [7, 11) is -6.75. The van der Waals surface area contributed by atoms with E-state index in [1.54, 1.807) is 0 Å². The first-order valence-corrected chi connectivity index (χ1v) is 13.4. The highest BCUT2D eigenvalue weighted by molar-refractivity contribution is 7.92. The molecular weight excluding hydrogens is 400 g/mol. The van der Waals surface area contributed by atoms with Gasteiger partial charge in [-0.2, -0.15) is 0 Å². The summed E-state index contributed by atoms with van der Waals surface area (Å²) in [6.07, 6.45) is 3.13. The highest BCUT2D eigenvalue weighted by Gasteiger charge is 2.42. The molecule has 2 atom stereocenters. The van der Waals surface area contributed by atoms with E-state index in [4.69, 9.17) is 0 Å². The van der Waals surface area contributed by atoms with E-state index in [9.17, 15) is 21.6 Å². The van der Waals surface area contributed by atoms with Gasteiger partial charge in [0.15, 0.2) is 19.7 Å². The number of likely N-dealkylation sites (tertiary alicyclic amines) is 1. The number of aryl methyl sites for hydroxylation is 1. The van der Waals surface area contributed by atoms with Gasteiger partial charge in [0.2, 0.25) is 5.91 Å². The lowest BCUT2D eigenvalue weighted by Crippen LogP contribution is -2.51. The SMILES string of the molecule is O=C(CS(=O)(=O)CCCc1ccccc1)NC1CS(=O)(=O)CC1N1CCCC1. The number of rotatable bonds is 8. The van der Waals surface area contributed by atoms with E-state index >= 15 is 0 Å². The van der Waals surface area contributed by atoms with Gasteiger partial charge in [0.05, 0.1) is 23.3 Å². The lowest BCUT2D eigenvalue weighted by molar-refractivity contribution is -0.119. The second-order valence-electron chi connectivity index (χ2n) is 7.74. The van der Waals surface area contributed by atoms with E-state index in [2.05, 4.69) is 10.2 Å². The van der Waals surface area contributed by atoms with Crippen molar-refractivity contribution in [2.45, 2.75) is 37.8 Å². The Bertz CT molecular complexity index is 878. The van der Waals surface area contributed by atoms with Crippen molar-refractivity contribution in [3.63, 3.8) is 0 Å². The van der Waals surface area contributed by atoms with Crippen LogP contribution in [-0.4, -0.2) is 75.8 Å². The van der Waals surface area contributed by atoms with Crippen LogP contribution in [0, 0.1) is 0 Å². The van der Waals surface area contributed by atoms with Crippen LogP contribution in [0.3, 0.4) is 0 Å². The predicted octanol–water partition coefficient (Wildman–Crippen LogP) is 0.412. The number of hydrogen-bond acceptors (Lipinski definition) is 6. The van der Waals surface area contributed by atoms with E-state index in [1.807, 2.05) is 30.3 Å². The van der Waals surface area contributed by atoms with Gasteiger partial charge in [0.1, 0.15) is 5.75 Å². The Kier molecular flexibility index (Phi) is 6.77. The second-order valence-corrected chi connectivity index (χ2v) is 12.1. The maximum absolute atomic E-state index is 12.3. The van der Waals surface area contributed by atoms with Gasteiger partial charge in [-0.3, -0.25) is 9.69 Å². The number of benzene rings is 1. The second kappa shape index (κ2) is 8.92. The molecule has 2 unspecified atom stereocenters. The van der Waals surface area contributed by atoms with Crippen LogP contribution < -0.4 is 5.32 Å². The Morgan fingerprint density at radius 3 is 2.46 bits per heavy atom. The minimum absolute atomic E-state index is 0.0295. The third kappa shape index (κ3) is 6.02. The van der Waals surface area contributed by atoms with Crippen molar-refractivity contribution in [1.82, 2.24) is 10.2 Å². The first-order chi connectivity index (χ1) is 13.2. The van der Waals surface area contributed by atoms with Crippen LogP contribution in [0.1, 0.15) is 24.8 Å². The van der Waals surface area contributed by atoms with Gasteiger partial charge in [-0.15, -0.1) is 0 Å². The third-order valence-corrected chi connectivity index (χ3v) is 8.72. The number of amides is 1. The zero-order valence-electron chi connectivity index (χ0n) is 15.9. The normalized spacial score (nSPS) is 25.0. The standard InChI is InChI=1S/C19H28N2O5S2/c22-19(15-27(23,24)12-6-9-16-7-2-1-3-8-16)20-17-13-28(25,26)14-18(17)21-10-4-5-11-21/h1-3,7-8,17-18H,4-6,9-15H2,(H,20,22). The van der Waals surface area contributed by atoms with Crippen LogP contribution in [0.25, 0.3) is 0 Å². The number of sulfone groups is 2. The Balaban J connectivity index is 1.51. The zero-order valence-corrected chi connectivity index (χ0v) is 17.6. The van der Waals surface area contributed by atoms with E-state index < -0.39 is 37.4 Å². The van der Waals surface area contributed by atoms with Gasteiger partial charge in [0, 0.05) is 6.04 Å². The molecular formula is C19H28N2O5S2. The fraction of sp³-hybridized carbons (Fsp3) is 0.632. The van der Waals surface area contributed by atoms with Gasteiger partial charge >= 0.3 is 0 Å². The maximum atomic E-state index is 12.3. The molecule has 0 radical (unpaired) electrons. The number of hydrogen-bond donors (Lipinski definition) is 1. The minimum atomic E-state index is -3.53. The summed E-state index contributed by atoms with van der Waals surface area (Å²) in [5.41, 5.74) is 1.06. The van der Waals surface area contributed by atoms with Crippen molar-refractivity contribution in [2.75, 3.05) is 36.1 Å². The maximum Gasteiger partial charge on any atom is 0.235 e. The van der Waals surface area contributed by atoms with Crippen LogP contribution in [0.15, 0.2) is 30.3 Å². The molecule has 9 heteroatoms. The first-order valence-electron chi connectivity index (χ1n) is 9.72. The Hall–Kier alpha value is -1.45. The van der Waals surface area contributed by atoms with Crippen molar-refractivity contribution in [3.8, 4) is 0 Å². The molecule has 2 fully saturated rings. The summed E-state index contributed by atoms with van der Waals surface area (Å²) in [5.74, 6) is -1.35. The molecule has 7 nitrogen and oxygen atoms in total. The molecule has 0 bridgehead atoms. The number of carbonyl (C=O) groups excluding carboxylic acids is 1. The van der Waals surface area contributed by atoms with Gasteiger partial charge < -0.3 is 5.32 Å². The van der Waals surface area contributed by atoms with Crippen molar-refractivity contribution < 1.29 is 21.6 Å². The summed E-state index contributed by atoms with van der Waals surface area (Å²) in [6.45, 7) is 1.65. The van der Waals surface area contributed by atoms with Crippen LogP contribution in [0.2, 0.25) is 0 Å². The average molecular weight is 429 g/mol. The number of nitrogens with one attached hydrogen (secondary N) is 1. The average Bonchev–Trinajstić information content (AvgIpc) is 3.22. The van der Waals surface area contributed by atoms with E-state index in [1.165, 1.54) is 0 Å². The summed E-state index contributed by atoms with van der Waals surface area (Å²) in [5, 5.41) is 2.69. The molecule has 2 aliphatic rings. The van der Waals surface area contributed by atoms with E-state index in [0.717, 1.165) is 31.5 Å². The zero-order chi connectivity index (χ0) is 20.2. The monoisotopic (exact) mass is 428 g/mol. The summed E-state index contributed by atoms with van der Waals surface area (Å²) in [6, 6.07) is 8.82. The van der Waals surface area contributed by atoms with E-state index in [-0.39, 0.29) is 23.3 Å². The fourth-order valence-electron chi connectivity index (χ4n) is 4.06. The molecule has 1 aromatic rings. The largest absolute Gasteiger partial charge is 0.350 e. The van der Waals surface area contributed by atoms with Gasteiger partial charge in [-0.1, -0.05) is 30.3 Å². The van der Waals surface area contributed by atoms with Crippen LogP contribution in [0.4, 0.5) is 0 Å². The number of nitrogens with zero attached hydrogens (tertiary/aromatic N) is 1. The summed E-state index contributed by atoms with van der Waals surface area (Å²) in [4.78, 5) is 14.4. The van der Waals surface area contributed by atoms with E-state index in [0.29, 0.717) is 12.8 Å². The third-order valence-electron chi connectivity index (χ3n) is 5.39. The van der Waals surface area contributed by atoms with Crippen molar-refractivity contribution in [2.24, 2.45) is 0 Å². The Labute approximate surface area is 167 Å². The number of carbonyl (C=O) groups is 1. The molecule has 28 heavy (non-hydrogen) atoms. The van der Waals surface area contributed by atoms with Crippen LogP contribution in [-0.2, 0) is 30.9 Å². The topological polar surface area (TPSA) is 101 Å². The Morgan fingerprint density at radius 2 is 1.79 bits per heavy atom. The van der Waals surface area contributed by atoms with Gasteiger partial charge in [-0.05, 0) is 44.3 Å². The fourth-order valence-corrected chi connectivity index (χ4v) is 7.22. The summed E-state index contributed by atoms with van der Waals surface area (Å²) < 4.78 is 48.7. The van der Waals surface area contributed by atoms with Crippen LogP contribution in [0.5, 0.6) is 0 Å². The molecule has 1 aromatic carbocycles. The van der Waals surface area contributed by atoms with Gasteiger partial charge in [0.25, 0.3) is 0 Å². The molecule has 2 saturated heterocycles. The van der Waals surface area contributed by atoms with Crippen molar-refractivity contribution in [3.05, 3.63) is 35.9 Å². The first kappa shape index (κ1) is 21.3. The molecule has 3 rings (SSSR count). The molecule has 1 amide bonds. The molecule has 0 spiro atoms. The molecule has 156 valence electrons. The Morgan fingerprint density at radius 1 is 1.11 bits per heavy atom. The van der Waals surface area contributed by atoms with Crippen molar-refractivity contribution in [1.29, 1.82) is 0 Å². The molecule has 2 aliphatic heterocycles.